The summed E-state index contributed by atoms with van der Waals surface area (Å²) in [6.07, 6.45) is 0.947. The second kappa shape index (κ2) is 5.63. The van der Waals surface area contributed by atoms with E-state index < -0.39 is 0 Å². The van der Waals surface area contributed by atoms with E-state index in [1.54, 1.807) is 0 Å². The molecule has 5 heteroatoms. The lowest BCUT2D eigenvalue weighted by Gasteiger charge is -2.11. The summed E-state index contributed by atoms with van der Waals surface area (Å²) in [6, 6.07) is 5.79. The van der Waals surface area contributed by atoms with Crippen LogP contribution >= 0.6 is 0 Å². The average molecular weight is 238 g/mol. The first-order valence-corrected chi connectivity index (χ1v) is 5.62. The van der Waals surface area contributed by atoms with Crippen LogP contribution in [0.4, 0.5) is 4.39 Å². The molecule has 1 aliphatic heterocycles. The Labute approximate surface area is 99.2 Å². The minimum Gasteiger partial charge on any atom is -0.484 e. The predicted octanol–water partition coefficient (Wildman–Crippen LogP) is 0.683. The molecule has 0 aliphatic carbocycles. The lowest BCUT2D eigenvalue weighted by atomic mass is 10.2. The maximum atomic E-state index is 12.6. The summed E-state index contributed by atoms with van der Waals surface area (Å²) in [5.74, 6) is 0.0213. The molecule has 1 fully saturated rings. The van der Waals surface area contributed by atoms with Crippen molar-refractivity contribution in [2.24, 2.45) is 0 Å². The molecule has 0 aromatic heterocycles. The van der Waals surface area contributed by atoms with E-state index in [0.717, 1.165) is 19.5 Å². The fourth-order valence-electron chi connectivity index (χ4n) is 1.73. The van der Waals surface area contributed by atoms with Gasteiger partial charge in [-0.3, -0.25) is 4.79 Å². The monoisotopic (exact) mass is 238 g/mol. The molecule has 4 nitrogen and oxygen atoms in total. The minimum absolute atomic E-state index is 0.0396. The second-order valence-electron chi connectivity index (χ2n) is 4.00. The van der Waals surface area contributed by atoms with Gasteiger partial charge in [-0.1, -0.05) is 0 Å². The van der Waals surface area contributed by atoms with Crippen molar-refractivity contribution in [2.45, 2.75) is 12.5 Å². The third kappa shape index (κ3) is 3.71. The van der Waals surface area contributed by atoms with E-state index in [1.165, 1.54) is 24.3 Å². The Morgan fingerprint density at radius 3 is 2.88 bits per heavy atom. The van der Waals surface area contributed by atoms with Crippen molar-refractivity contribution in [3.8, 4) is 5.75 Å². The lowest BCUT2D eigenvalue weighted by molar-refractivity contribution is -0.123. The van der Waals surface area contributed by atoms with Gasteiger partial charge in [0.1, 0.15) is 11.6 Å². The van der Waals surface area contributed by atoms with Gasteiger partial charge in [-0.05, 0) is 37.2 Å². The van der Waals surface area contributed by atoms with Crippen LogP contribution < -0.4 is 15.4 Å². The van der Waals surface area contributed by atoms with Gasteiger partial charge in [-0.15, -0.1) is 0 Å². The molecular weight excluding hydrogens is 223 g/mol. The Morgan fingerprint density at radius 2 is 2.24 bits per heavy atom. The summed E-state index contributed by atoms with van der Waals surface area (Å²) in [5.41, 5.74) is 0. The number of carbonyl (C=O) groups is 1. The Hall–Kier alpha value is -1.62. The van der Waals surface area contributed by atoms with E-state index in [4.69, 9.17) is 4.74 Å². The lowest BCUT2D eigenvalue weighted by Crippen LogP contribution is -2.39. The smallest absolute Gasteiger partial charge is 0.258 e. The van der Waals surface area contributed by atoms with Crippen molar-refractivity contribution in [1.82, 2.24) is 10.6 Å². The fourth-order valence-corrected chi connectivity index (χ4v) is 1.73. The number of hydrogen-bond donors (Lipinski definition) is 2. The molecule has 2 rings (SSSR count). The van der Waals surface area contributed by atoms with Crippen molar-refractivity contribution in [1.29, 1.82) is 0 Å². The van der Waals surface area contributed by atoms with Gasteiger partial charge in [0.25, 0.3) is 5.91 Å². The third-order valence-electron chi connectivity index (χ3n) is 2.61. The van der Waals surface area contributed by atoms with E-state index >= 15 is 0 Å². The van der Waals surface area contributed by atoms with E-state index in [9.17, 15) is 9.18 Å². The van der Waals surface area contributed by atoms with Crippen molar-refractivity contribution in [2.75, 3.05) is 19.7 Å². The number of nitrogens with one attached hydrogen (secondary N) is 2. The maximum absolute atomic E-state index is 12.6. The molecule has 0 saturated carbocycles. The summed E-state index contributed by atoms with van der Waals surface area (Å²) in [5, 5.41) is 6.02. The van der Waals surface area contributed by atoms with Crippen LogP contribution in [0, 0.1) is 5.82 Å². The standard InChI is InChI=1S/C12H15FN2O2/c13-9-1-3-11(4-2-9)17-8-12(16)15-10-5-6-14-7-10/h1-4,10,14H,5-8H2,(H,15,16). The van der Waals surface area contributed by atoms with Crippen LogP contribution in [-0.2, 0) is 4.79 Å². The van der Waals surface area contributed by atoms with E-state index in [0.29, 0.717) is 5.75 Å². The molecule has 0 spiro atoms. The van der Waals surface area contributed by atoms with E-state index in [1.807, 2.05) is 0 Å². The van der Waals surface area contributed by atoms with E-state index in [-0.39, 0.29) is 24.4 Å². The predicted molar refractivity (Wildman–Crippen MR) is 61.3 cm³/mol. The fraction of sp³-hybridized carbons (Fsp3) is 0.417. The van der Waals surface area contributed by atoms with Crippen LogP contribution in [0.3, 0.4) is 0 Å². The van der Waals surface area contributed by atoms with Crippen LogP contribution in [-0.4, -0.2) is 31.6 Å². The number of rotatable bonds is 4. The maximum Gasteiger partial charge on any atom is 0.258 e. The number of carbonyl (C=O) groups excluding carboxylic acids is 1. The van der Waals surface area contributed by atoms with Crippen LogP contribution in [0.5, 0.6) is 5.75 Å². The Balaban J connectivity index is 1.73. The van der Waals surface area contributed by atoms with Crippen LogP contribution in [0.2, 0.25) is 0 Å². The average Bonchev–Trinajstić information content (AvgIpc) is 2.81. The SMILES string of the molecule is O=C(COc1ccc(F)cc1)NC1CCNC1. The second-order valence-corrected chi connectivity index (χ2v) is 4.00. The largest absolute Gasteiger partial charge is 0.484 e. The Morgan fingerprint density at radius 1 is 1.47 bits per heavy atom. The summed E-state index contributed by atoms with van der Waals surface area (Å²) in [4.78, 5) is 11.5. The van der Waals surface area contributed by atoms with Gasteiger partial charge in [0.2, 0.25) is 0 Å². The van der Waals surface area contributed by atoms with E-state index in [2.05, 4.69) is 10.6 Å². The van der Waals surface area contributed by atoms with Crippen LogP contribution in [0.25, 0.3) is 0 Å². The zero-order valence-electron chi connectivity index (χ0n) is 9.41. The molecular formula is C12H15FN2O2. The summed E-state index contributed by atoms with van der Waals surface area (Å²) >= 11 is 0. The van der Waals surface area contributed by atoms with Gasteiger partial charge < -0.3 is 15.4 Å². The number of halogens is 1. The quantitative estimate of drug-likeness (QED) is 0.811. The number of ether oxygens (including phenoxy) is 1. The zero-order chi connectivity index (χ0) is 12.1. The van der Waals surface area contributed by atoms with Crippen LogP contribution in [0.15, 0.2) is 24.3 Å². The normalized spacial score (nSPS) is 19.0. The molecule has 1 unspecified atom stereocenters. The number of benzene rings is 1. The third-order valence-corrected chi connectivity index (χ3v) is 2.61. The molecule has 1 aliphatic rings. The molecule has 0 radical (unpaired) electrons. The topological polar surface area (TPSA) is 50.4 Å². The summed E-state index contributed by atoms with van der Waals surface area (Å²) in [7, 11) is 0. The molecule has 2 N–H and O–H groups in total. The molecule has 1 saturated heterocycles. The molecule has 1 atom stereocenters. The highest BCUT2D eigenvalue weighted by molar-refractivity contribution is 5.77. The van der Waals surface area contributed by atoms with Crippen molar-refractivity contribution >= 4 is 5.91 Å². The highest BCUT2D eigenvalue weighted by atomic mass is 19.1. The molecule has 17 heavy (non-hydrogen) atoms. The molecule has 92 valence electrons. The van der Waals surface area contributed by atoms with Gasteiger partial charge in [-0.25, -0.2) is 4.39 Å². The Kier molecular flexibility index (Phi) is 3.93. The molecule has 0 bridgehead atoms. The van der Waals surface area contributed by atoms with Crippen molar-refractivity contribution < 1.29 is 13.9 Å². The Bertz CT molecular complexity index is 375. The highest BCUT2D eigenvalue weighted by Gasteiger charge is 2.16. The van der Waals surface area contributed by atoms with Gasteiger partial charge in [-0.2, -0.15) is 0 Å². The van der Waals surface area contributed by atoms with Gasteiger partial charge in [0.05, 0.1) is 0 Å². The van der Waals surface area contributed by atoms with Gasteiger partial charge in [0.15, 0.2) is 6.61 Å². The molecule has 1 heterocycles. The molecule has 1 aromatic carbocycles. The number of amides is 1. The zero-order valence-corrected chi connectivity index (χ0v) is 9.41. The van der Waals surface area contributed by atoms with Crippen LogP contribution in [0.1, 0.15) is 6.42 Å². The molecule has 1 aromatic rings. The minimum atomic E-state index is -0.321. The number of hydrogen-bond acceptors (Lipinski definition) is 3. The summed E-state index contributed by atoms with van der Waals surface area (Å²) in [6.45, 7) is 1.70. The first kappa shape index (κ1) is 11.9. The summed E-state index contributed by atoms with van der Waals surface area (Å²) < 4.78 is 17.8. The molecule has 1 amide bonds. The van der Waals surface area contributed by atoms with Crippen molar-refractivity contribution in [3.63, 3.8) is 0 Å². The highest BCUT2D eigenvalue weighted by Crippen LogP contribution is 2.10. The first-order chi connectivity index (χ1) is 8.24. The van der Waals surface area contributed by atoms with Gasteiger partial charge in [0, 0.05) is 12.6 Å². The van der Waals surface area contributed by atoms with Gasteiger partial charge >= 0.3 is 0 Å². The van der Waals surface area contributed by atoms with Crippen molar-refractivity contribution in [3.05, 3.63) is 30.1 Å². The first-order valence-electron chi connectivity index (χ1n) is 5.62.